The lowest BCUT2D eigenvalue weighted by atomic mass is 9.81. The molecule has 0 spiro atoms. The summed E-state index contributed by atoms with van der Waals surface area (Å²) in [5.74, 6) is -0.398. The molecule has 1 unspecified atom stereocenters. The van der Waals surface area contributed by atoms with E-state index in [1.807, 2.05) is 62.4 Å². The lowest BCUT2D eigenvalue weighted by Gasteiger charge is -2.28. The zero-order valence-corrected chi connectivity index (χ0v) is 18.3. The maximum absolute atomic E-state index is 13.9. The number of carbonyl (C=O) groups is 2. The van der Waals surface area contributed by atoms with Crippen LogP contribution in [0.4, 0.5) is 4.79 Å². The molecule has 1 aliphatic rings. The maximum atomic E-state index is 13.9. The van der Waals surface area contributed by atoms with Crippen molar-refractivity contribution < 1.29 is 9.59 Å². The van der Waals surface area contributed by atoms with E-state index in [0.29, 0.717) is 21.8 Å². The Morgan fingerprint density at radius 1 is 0.969 bits per heavy atom. The molecular weight excluding hydrogens is 424 g/mol. The predicted octanol–water partition coefficient (Wildman–Crippen LogP) is 3.37. The lowest BCUT2D eigenvalue weighted by Crippen LogP contribution is -2.45. The third-order valence-corrected chi connectivity index (χ3v) is 6.69. The van der Waals surface area contributed by atoms with Gasteiger partial charge in [-0.3, -0.25) is 18.9 Å². The Hall–Kier alpha value is -3.78. The van der Waals surface area contributed by atoms with E-state index in [4.69, 9.17) is 0 Å². The topological polar surface area (TPSA) is 83.8 Å². The number of aryl methyl sites for hydroxylation is 2. The Labute approximate surface area is 188 Å². The Balaban J connectivity index is 1.61. The van der Waals surface area contributed by atoms with E-state index in [1.54, 1.807) is 11.6 Å². The molecule has 2 aromatic carbocycles. The third kappa shape index (κ3) is 3.03. The highest BCUT2D eigenvalue weighted by Gasteiger charge is 2.53. The molecule has 1 saturated heterocycles. The van der Waals surface area contributed by atoms with Crippen LogP contribution >= 0.6 is 11.3 Å². The van der Waals surface area contributed by atoms with E-state index in [1.165, 1.54) is 21.8 Å². The summed E-state index contributed by atoms with van der Waals surface area (Å²) in [6.45, 7) is 3.89. The van der Waals surface area contributed by atoms with Gasteiger partial charge in [0.1, 0.15) is 0 Å². The molecule has 1 aliphatic heterocycles. The van der Waals surface area contributed by atoms with E-state index >= 15 is 0 Å². The van der Waals surface area contributed by atoms with Crippen molar-refractivity contribution in [1.82, 2.24) is 19.6 Å². The molecule has 2 aromatic heterocycles. The van der Waals surface area contributed by atoms with Crippen LogP contribution in [0, 0.1) is 13.8 Å². The number of amides is 3. The molecule has 5 rings (SSSR count). The molecule has 4 aromatic rings. The minimum absolute atomic E-state index is 0.0895. The minimum Gasteiger partial charge on any atom is -0.315 e. The zero-order chi connectivity index (χ0) is 22.5. The standard InChI is InChI=1S/C24H20N4O3S/c1-15-8-9-18(12-16(15)2)24(17-6-4-3-5-7-17)21(30)28(22(31)26-24)14-19-13-20(29)27-10-11-32-23(27)25-19/h3-13H,14H2,1-2H3,(H,26,31). The predicted molar refractivity (Wildman–Crippen MR) is 122 cm³/mol. The van der Waals surface area contributed by atoms with Crippen LogP contribution in [0.25, 0.3) is 4.96 Å². The molecule has 3 heterocycles. The first-order valence-electron chi connectivity index (χ1n) is 10.1. The Bertz CT molecular complexity index is 1430. The first-order valence-corrected chi connectivity index (χ1v) is 11.0. The number of hydrogen-bond donors (Lipinski definition) is 1. The number of imide groups is 1. The van der Waals surface area contributed by atoms with Crippen LogP contribution in [-0.2, 0) is 16.9 Å². The number of aromatic nitrogens is 2. The third-order valence-electron chi connectivity index (χ3n) is 5.93. The largest absolute Gasteiger partial charge is 0.325 e. The molecule has 160 valence electrons. The number of nitrogens with one attached hydrogen (secondary N) is 1. The van der Waals surface area contributed by atoms with Crippen LogP contribution in [-0.4, -0.2) is 26.2 Å². The van der Waals surface area contributed by atoms with E-state index in [9.17, 15) is 14.4 Å². The van der Waals surface area contributed by atoms with Gasteiger partial charge in [0.25, 0.3) is 11.5 Å². The van der Waals surface area contributed by atoms with Gasteiger partial charge in [-0.15, -0.1) is 11.3 Å². The average Bonchev–Trinajstić information content (AvgIpc) is 3.36. The van der Waals surface area contributed by atoms with Crippen molar-refractivity contribution in [2.24, 2.45) is 0 Å². The van der Waals surface area contributed by atoms with Crippen molar-refractivity contribution in [2.75, 3.05) is 0 Å². The van der Waals surface area contributed by atoms with Gasteiger partial charge in [-0.05, 0) is 36.1 Å². The summed E-state index contributed by atoms with van der Waals surface area (Å²) in [5.41, 5.74) is 2.25. The van der Waals surface area contributed by atoms with Gasteiger partial charge in [0, 0.05) is 17.6 Å². The van der Waals surface area contributed by atoms with Gasteiger partial charge < -0.3 is 5.32 Å². The number of carbonyl (C=O) groups excluding carboxylic acids is 2. The molecule has 8 heteroatoms. The van der Waals surface area contributed by atoms with Crippen molar-refractivity contribution in [3.63, 3.8) is 0 Å². The summed E-state index contributed by atoms with van der Waals surface area (Å²) < 4.78 is 1.43. The second kappa shape index (κ2) is 7.42. The van der Waals surface area contributed by atoms with E-state index in [0.717, 1.165) is 16.0 Å². The monoisotopic (exact) mass is 444 g/mol. The van der Waals surface area contributed by atoms with E-state index < -0.39 is 17.5 Å². The molecular formula is C24H20N4O3S. The maximum Gasteiger partial charge on any atom is 0.325 e. The summed E-state index contributed by atoms with van der Waals surface area (Å²) in [5, 5.41) is 4.71. The van der Waals surface area contributed by atoms with Gasteiger partial charge in [-0.2, -0.15) is 0 Å². The fraction of sp³-hybridized carbons (Fsp3) is 0.167. The highest BCUT2D eigenvalue weighted by atomic mass is 32.1. The summed E-state index contributed by atoms with van der Waals surface area (Å²) >= 11 is 1.32. The molecule has 0 radical (unpaired) electrons. The summed E-state index contributed by atoms with van der Waals surface area (Å²) in [7, 11) is 0. The van der Waals surface area contributed by atoms with E-state index in [-0.39, 0.29) is 12.1 Å². The van der Waals surface area contributed by atoms with Crippen LogP contribution in [0.3, 0.4) is 0 Å². The number of urea groups is 1. The van der Waals surface area contributed by atoms with Crippen LogP contribution in [0.15, 0.2) is 71.0 Å². The molecule has 1 atom stereocenters. The Morgan fingerprint density at radius 3 is 2.50 bits per heavy atom. The van der Waals surface area contributed by atoms with Crippen LogP contribution < -0.4 is 10.9 Å². The first-order chi connectivity index (χ1) is 15.4. The van der Waals surface area contributed by atoms with Gasteiger partial charge in [-0.25, -0.2) is 9.78 Å². The number of rotatable bonds is 4. The lowest BCUT2D eigenvalue weighted by molar-refractivity contribution is -0.130. The minimum atomic E-state index is -1.35. The number of hydrogen-bond acceptors (Lipinski definition) is 5. The molecule has 1 fully saturated rings. The van der Waals surface area contributed by atoms with Gasteiger partial charge in [0.15, 0.2) is 10.5 Å². The van der Waals surface area contributed by atoms with Gasteiger partial charge in [-0.1, -0.05) is 48.5 Å². The molecule has 0 saturated carbocycles. The summed E-state index contributed by atoms with van der Waals surface area (Å²) in [4.78, 5) is 45.4. The smallest absolute Gasteiger partial charge is 0.315 e. The van der Waals surface area contributed by atoms with Crippen molar-refractivity contribution in [2.45, 2.75) is 25.9 Å². The fourth-order valence-electron chi connectivity index (χ4n) is 4.07. The second-order valence-electron chi connectivity index (χ2n) is 7.88. The normalized spacial score (nSPS) is 18.4. The quantitative estimate of drug-likeness (QED) is 0.489. The summed E-state index contributed by atoms with van der Waals surface area (Å²) in [6, 6.07) is 15.8. The van der Waals surface area contributed by atoms with Crippen LogP contribution in [0.2, 0.25) is 0 Å². The van der Waals surface area contributed by atoms with Gasteiger partial charge in [0.05, 0.1) is 12.2 Å². The van der Waals surface area contributed by atoms with Crippen molar-refractivity contribution in [3.05, 3.63) is 104 Å². The van der Waals surface area contributed by atoms with Gasteiger partial charge in [0.2, 0.25) is 0 Å². The molecule has 32 heavy (non-hydrogen) atoms. The molecule has 0 aliphatic carbocycles. The Morgan fingerprint density at radius 2 is 1.75 bits per heavy atom. The number of thiazole rings is 1. The Kier molecular flexibility index (Phi) is 4.67. The van der Waals surface area contributed by atoms with Crippen LogP contribution in [0.5, 0.6) is 0 Å². The highest BCUT2D eigenvalue weighted by Crippen LogP contribution is 2.37. The highest BCUT2D eigenvalue weighted by molar-refractivity contribution is 7.15. The number of fused-ring (bicyclic) bond motifs is 1. The average molecular weight is 445 g/mol. The van der Waals surface area contributed by atoms with Gasteiger partial charge >= 0.3 is 6.03 Å². The second-order valence-corrected chi connectivity index (χ2v) is 8.75. The molecule has 3 amide bonds. The SMILES string of the molecule is Cc1ccc(C2(c3ccccc3)NC(=O)N(Cc3cc(=O)n4ccsc4n3)C2=O)cc1C. The first kappa shape index (κ1) is 20.1. The molecule has 7 nitrogen and oxygen atoms in total. The molecule has 1 N–H and O–H groups in total. The number of benzene rings is 2. The fourth-order valence-corrected chi connectivity index (χ4v) is 4.81. The zero-order valence-electron chi connectivity index (χ0n) is 17.5. The molecule has 0 bridgehead atoms. The van der Waals surface area contributed by atoms with Crippen molar-refractivity contribution in [1.29, 1.82) is 0 Å². The van der Waals surface area contributed by atoms with E-state index in [2.05, 4.69) is 10.3 Å². The van der Waals surface area contributed by atoms with Crippen LogP contribution in [0.1, 0.15) is 27.9 Å². The van der Waals surface area contributed by atoms with Crippen molar-refractivity contribution >= 4 is 28.2 Å². The van der Waals surface area contributed by atoms with Crippen molar-refractivity contribution in [3.8, 4) is 0 Å². The summed E-state index contributed by atoms with van der Waals surface area (Å²) in [6.07, 6.45) is 1.65. The number of nitrogens with zero attached hydrogens (tertiary/aromatic N) is 3.